The van der Waals surface area contributed by atoms with Gasteiger partial charge in [-0.3, -0.25) is 14.9 Å². The van der Waals surface area contributed by atoms with Crippen molar-refractivity contribution in [1.82, 2.24) is 0 Å². The number of carbonyl (C=O) groups is 3. The molecular weight excluding hydrogens is 382 g/mol. The SMILES string of the molecule is CC(=O)N1CCCc2cc(NC(=O)c3ccc(NC(=O)OC(C)(C)C)cc3)ccc21. The zero-order valence-electron chi connectivity index (χ0n) is 17.7. The third-order valence-electron chi connectivity index (χ3n) is 4.63. The largest absolute Gasteiger partial charge is 0.444 e. The van der Waals surface area contributed by atoms with Crippen LogP contribution in [0.25, 0.3) is 0 Å². The van der Waals surface area contributed by atoms with Gasteiger partial charge in [-0.2, -0.15) is 0 Å². The number of aryl methyl sites for hydroxylation is 1. The summed E-state index contributed by atoms with van der Waals surface area (Å²) in [6.07, 6.45) is 1.22. The van der Waals surface area contributed by atoms with Crippen LogP contribution in [0.5, 0.6) is 0 Å². The van der Waals surface area contributed by atoms with Crippen molar-refractivity contribution in [1.29, 1.82) is 0 Å². The van der Waals surface area contributed by atoms with Crippen LogP contribution in [-0.2, 0) is 16.0 Å². The van der Waals surface area contributed by atoms with E-state index in [4.69, 9.17) is 4.74 Å². The van der Waals surface area contributed by atoms with Crippen molar-refractivity contribution in [3.8, 4) is 0 Å². The molecule has 2 aromatic rings. The van der Waals surface area contributed by atoms with Crippen LogP contribution < -0.4 is 15.5 Å². The molecule has 2 N–H and O–H groups in total. The van der Waals surface area contributed by atoms with Gasteiger partial charge in [0.25, 0.3) is 5.91 Å². The lowest BCUT2D eigenvalue weighted by Gasteiger charge is -2.29. The van der Waals surface area contributed by atoms with Crippen LogP contribution in [0.2, 0.25) is 0 Å². The Morgan fingerprint density at radius 3 is 2.27 bits per heavy atom. The average Bonchev–Trinajstić information content (AvgIpc) is 2.66. The minimum Gasteiger partial charge on any atom is -0.444 e. The van der Waals surface area contributed by atoms with Gasteiger partial charge < -0.3 is 15.0 Å². The minimum atomic E-state index is -0.583. The summed E-state index contributed by atoms with van der Waals surface area (Å²) >= 11 is 0. The Balaban J connectivity index is 1.65. The summed E-state index contributed by atoms with van der Waals surface area (Å²) in [4.78, 5) is 38.0. The van der Waals surface area contributed by atoms with Crippen LogP contribution in [0.4, 0.5) is 21.9 Å². The maximum atomic E-state index is 12.6. The van der Waals surface area contributed by atoms with Crippen molar-refractivity contribution in [3.63, 3.8) is 0 Å². The molecule has 7 heteroatoms. The van der Waals surface area contributed by atoms with E-state index in [1.165, 1.54) is 0 Å². The van der Waals surface area contributed by atoms with E-state index < -0.39 is 11.7 Å². The fourth-order valence-electron chi connectivity index (χ4n) is 3.33. The van der Waals surface area contributed by atoms with Crippen molar-refractivity contribution in [2.45, 2.75) is 46.1 Å². The Bertz CT molecular complexity index is 961. The summed E-state index contributed by atoms with van der Waals surface area (Å²) in [5.74, 6) is -0.231. The molecule has 30 heavy (non-hydrogen) atoms. The third-order valence-corrected chi connectivity index (χ3v) is 4.63. The normalized spacial score (nSPS) is 13.3. The predicted octanol–water partition coefficient (Wildman–Crippen LogP) is 4.59. The second-order valence-corrected chi connectivity index (χ2v) is 8.28. The Kier molecular flexibility index (Phi) is 6.10. The molecule has 1 aliphatic rings. The van der Waals surface area contributed by atoms with Gasteiger partial charge in [-0.15, -0.1) is 0 Å². The van der Waals surface area contributed by atoms with Crippen LogP contribution in [-0.4, -0.2) is 30.1 Å². The number of ether oxygens (including phenoxy) is 1. The topological polar surface area (TPSA) is 87.7 Å². The third kappa shape index (κ3) is 5.37. The summed E-state index contributed by atoms with van der Waals surface area (Å²) in [6.45, 7) is 7.65. The zero-order valence-corrected chi connectivity index (χ0v) is 17.7. The fraction of sp³-hybridized carbons (Fsp3) is 0.348. The van der Waals surface area contributed by atoms with E-state index in [9.17, 15) is 14.4 Å². The first-order valence-electron chi connectivity index (χ1n) is 9.95. The van der Waals surface area contributed by atoms with Crippen LogP contribution in [0.3, 0.4) is 0 Å². The van der Waals surface area contributed by atoms with Gasteiger partial charge in [0.2, 0.25) is 5.91 Å². The van der Waals surface area contributed by atoms with Gasteiger partial charge in [-0.25, -0.2) is 4.79 Å². The van der Waals surface area contributed by atoms with Crippen molar-refractivity contribution in [2.75, 3.05) is 22.1 Å². The molecule has 0 unspecified atom stereocenters. The van der Waals surface area contributed by atoms with E-state index in [-0.39, 0.29) is 11.8 Å². The highest BCUT2D eigenvalue weighted by atomic mass is 16.6. The van der Waals surface area contributed by atoms with Gasteiger partial charge in [0.1, 0.15) is 5.60 Å². The molecule has 3 rings (SSSR count). The molecule has 158 valence electrons. The molecule has 0 aromatic heterocycles. The Morgan fingerprint density at radius 1 is 0.967 bits per heavy atom. The van der Waals surface area contributed by atoms with Crippen molar-refractivity contribution >= 4 is 35.0 Å². The molecule has 0 atom stereocenters. The minimum absolute atomic E-state index is 0.0211. The quantitative estimate of drug-likeness (QED) is 0.776. The first-order valence-corrected chi connectivity index (χ1v) is 9.95. The van der Waals surface area contributed by atoms with Gasteiger partial charge in [-0.1, -0.05) is 0 Å². The second kappa shape index (κ2) is 8.57. The molecule has 0 saturated carbocycles. The Hall–Kier alpha value is -3.35. The van der Waals surface area contributed by atoms with E-state index >= 15 is 0 Å². The second-order valence-electron chi connectivity index (χ2n) is 8.28. The maximum Gasteiger partial charge on any atom is 0.412 e. The van der Waals surface area contributed by atoms with Crippen molar-refractivity contribution in [2.24, 2.45) is 0 Å². The van der Waals surface area contributed by atoms with Crippen molar-refractivity contribution in [3.05, 3.63) is 53.6 Å². The number of rotatable bonds is 3. The molecule has 0 radical (unpaired) electrons. The van der Waals surface area contributed by atoms with Crippen LogP contribution in [0, 0.1) is 0 Å². The maximum absolute atomic E-state index is 12.6. The molecule has 0 saturated heterocycles. The Morgan fingerprint density at radius 2 is 1.63 bits per heavy atom. The highest BCUT2D eigenvalue weighted by Crippen LogP contribution is 2.30. The Labute approximate surface area is 176 Å². The van der Waals surface area contributed by atoms with Gasteiger partial charge in [0.15, 0.2) is 0 Å². The summed E-state index contributed by atoms with van der Waals surface area (Å²) in [6, 6.07) is 12.2. The fourth-order valence-corrected chi connectivity index (χ4v) is 3.33. The molecule has 0 fully saturated rings. The standard InChI is InChI=1S/C23H27N3O4/c1-15(27)26-13-5-6-17-14-19(11-12-20(17)26)24-21(28)16-7-9-18(10-8-16)25-22(29)30-23(2,3)4/h7-12,14H,5-6,13H2,1-4H3,(H,24,28)(H,25,29). The molecule has 7 nitrogen and oxygen atoms in total. The van der Waals surface area contributed by atoms with Crippen LogP contribution in [0.15, 0.2) is 42.5 Å². The molecule has 0 bridgehead atoms. The zero-order chi connectivity index (χ0) is 21.9. The number of amides is 3. The number of anilines is 3. The summed E-state index contributed by atoms with van der Waals surface area (Å²) in [7, 11) is 0. The van der Waals surface area contributed by atoms with Crippen molar-refractivity contribution < 1.29 is 19.1 Å². The first kappa shape index (κ1) is 21.4. The van der Waals surface area contributed by atoms with Gasteiger partial charge in [0.05, 0.1) is 0 Å². The number of carbonyl (C=O) groups excluding carboxylic acids is 3. The van der Waals surface area contributed by atoms with E-state index in [1.807, 2.05) is 12.1 Å². The summed E-state index contributed by atoms with van der Waals surface area (Å²) in [5, 5.41) is 5.53. The van der Waals surface area contributed by atoms with Crippen LogP contribution in [0.1, 0.15) is 50.0 Å². The van der Waals surface area contributed by atoms with E-state index in [2.05, 4.69) is 10.6 Å². The molecule has 1 heterocycles. The van der Waals surface area contributed by atoms with Gasteiger partial charge >= 0.3 is 6.09 Å². The number of hydrogen-bond acceptors (Lipinski definition) is 4. The lowest BCUT2D eigenvalue weighted by molar-refractivity contribution is -0.116. The molecule has 0 spiro atoms. The molecule has 1 aliphatic heterocycles. The number of hydrogen-bond donors (Lipinski definition) is 2. The lowest BCUT2D eigenvalue weighted by atomic mass is 10.0. The van der Waals surface area contributed by atoms with E-state index in [0.717, 1.165) is 30.6 Å². The monoisotopic (exact) mass is 409 g/mol. The summed E-state index contributed by atoms with van der Waals surface area (Å²) < 4.78 is 5.21. The number of benzene rings is 2. The van der Waals surface area contributed by atoms with Gasteiger partial charge in [0, 0.05) is 36.1 Å². The van der Waals surface area contributed by atoms with Crippen LogP contribution >= 0.6 is 0 Å². The first-order chi connectivity index (χ1) is 14.1. The molecule has 0 aliphatic carbocycles. The highest BCUT2D eigenvalue weighted by molar-refractivity contribution is 6.05. The average molecular weight is 409 g/mol. The predicted molar refractivity (Wildman–Crippen MR) is 117 cm³/mol. The molecule has 2 aromatic carbocycles. The van der Waals surface area contributed by atoms with Gasteiger partial charge in [-0.05, 0) is 81.6 Å². The molecule has 3 amide bonds. The number of nitrogens with zero attached hydrogens (tertiary/aromatic N) is 1. The number of nitrogens with one attached hydrogen (secondary N) is 2. The highest BCUT2D eigenvalue weighted by Gasteiger charge is 2.20. The summed E-state index contributed by atoms with van der Waals surface area (Å²) in [5.41, 5.74) is 3.06. The lowest BCUT2D eigenvalue weighted by Crippen LogP contribution is -2.33. The smallest absolute Gasteiger partial charge is 0.412 e. The van der Waals surface area contributed by atoms with E-state index in [1.54, 1.807) is 62.9 Å². The molecular formula is C23H27N3O4. The number of fused-ring (bicyclic) bond motifs is 1. The van der Waals surface area contributed by atoms with E-state index in [0.29, 0.717) is 16.9 Å².